The van der Waals surface area contributed by atoms with Crippen LogP contribution >= 0.6 is 0 Å². The van der Waals surface area contributed by atoms with E-state index in [2.05, 4.69) is 0 Å². The van der Waals surface area contributed by atoms with Crippen molar-refractivity contribution in [1.29, 1.82) is 0 Å². The van der Waals surface area contributed by atoms with Crippen LogP contribution in [0.15, 0.2) is 18.2 Å². The molecule has 0 aliphatic heterocycles. The Morgan fingerprint density at radius 3 is 2.40 bits per heavy atom. The molecule has 0 amide bonds. The third-order valence-electron chi connectivity index (χ3n) is 3.98. The van der Waals surface area contributed by atoms with Crippen molar-refractivity contribution in [2.75, 3.05) is 13.2 Å². The molecule has 3 nitrogen and oxygen atoms in total. The van der Waals surface area contributed by atoms with E-state index < -0.39 is 6.10 Å². The summed E-state index contributed by atoms with van der Waals surface area (Å²) in [7, 11) is 0. The summed E-state index contributed by atoms with van der Waals surface area (Å²) in [5.74, 6) is 2.16. The molecule has 3 heteroatoms. The Labute approximate surface area is 121 Å². The first-order valence-electron chi connectivity index (χ1n) is 7.82. The van der Waals surface area contributed by atoms with Crippen LogP contribution in [-0.4, -0.2) is 18.3 Å². The predicted octanol–water partition coefficient (Wildman–Crippen LogP) is 4.10. The molecule has 2 rings (SSSR count). The van der Waals surface area contributed by atoms with Gasteiger partial charge in [0.25, 0.3) is 0 Å². The lowest BCUT2D eigenvalue weighted by atomic mass is 9.95. The predicted molar refractivity (Wildman–Crippen MR) is 80.3 cm³/mol. The van der Waals surface area contributed by atoms with Gasteiger partial charge in [-0.05, 0) is 43.9 Å². The molecule has 1 aliphatic carbocycles. The summed E-state index contributed by atoms with van der Waals surface area (Å²) < 4.78 is 11.2. The Morgan fingerprint density at radius 2 is 1.75 bits per heavy atom. The van der Waals surface area contributed by atoms with Gasteiger partial charge in [-0.1, -0.05) is 31.7 Å². The van der Waals surface area contributed by atoms with Gasteiger partial charge in [0.15, 0.2) is 11.5 Å². The van der Waals surface area contributed by atoms with Crippen LogP contribution < -0.4 is 9.47 Å². The van der Waals surface area contributed by atoms with Crippen LogP contribution in [-0.2, 0) is 0 Å². The van der Waals surface area contributed by atoms with Crippen molar-refractivity contribution in [3.63, 3.8) is 0 Å². The van der Waals surface area contributed by atoms with E-state index in [9.17, 15) is 5.11 Å². The van der Waals surface area contributed by atoms with Crippen LogP contribution in [0.5, 0.6) is 11.5 Å². The average Bonchev–Trinajstić information content (AvgIpc) is 2.94. The number of benzene rings is 1. The summed E-state index contributed by atoms with van der Waals surface area (Å²) in [6, 6.07) is 5.78. The standard InChI is InChI=1S/C17H26O3/c1-3-19-16-10-9-14(12-17(16)20-4-2)15(18)11-13-7-5-6-8-13/h9-10,12-13,15,18H,3-8,11H2,1-2H3. The minimum absolute atomic E-state index is 0.395. The first-order chi connectivity index (χ1) is 9.74. The second-order valence-corrected chi connectivity index (χ2v) is 5.47. The maximum absolute atomic E-state index is 10.4. The second kappa shape index (κ2) is 7.53. The van der Waals surface area contributed by atoms with E-state index >= 15 is 0 Å². The van der Waals surface area contributed by atoms with Crippen molar-refractivity contribution in [2.45, 2.75) is 52.1 Å². The van der Waals surface area contributed by atoms with Gasteiger partial charge in [0, 0.05) is 0 Å². The highest BCUT2D eigenvalue weighted by Gasteiger charge is 2.20. The molecule has 0 saturated heterocycles. The molecular formula is C17H26O3. The molecule has 1 N–H and O–H groups in total. The number of aliphatic hydroxyl groups is 1. The lowest BCUT2D eigenvalue weighted by Gasteiger charge is -2.18. The van der Waals surface area contributed by atoms with E-state index in [1.807, 2.05) is 32.0 Å². The van der Waals surface area contributed by atoms with Crippen LogP contribution in [0.3, 0.4) is 0 Å². The van der Waals surface area contributed by atoms with Gasteiger partial charge in [0.1, 0.15) is 0 Å². The molecule has 1 aromatic carbocycles. The number of hydrogen-bond donors (Lipinski definition) is 1. The number of rotatable bonds is 7. The highest BCUT2D eigenvalue weighted by atomic mass is 16.5. The van der Waals surface area contributed by atoms with Gasteiger partial charge in [0.05, 0.1) is 19.3 Å². The molecule has 0 spiro atoms. The first kappa shape index (κ1) is 15.2. The monoisotopic (exact) mass is 278 g/mol. The normalized spacial score (nSPS) is 17.1. The molecule has 0 aromatic heterocycles. The van der Waals surface area contributed by atoms with Crippen molar-refractivity contribution >= 4 is 0 Å². The highest BCUT2D eigenvalue weighted by Crippen LogP contribution is 2.36. The van der Waals surface area contributed by atoms with Crippen molar-refractivity contribution < 1.29 is 14.6 Å². The minimum Gasteiger partial charge on any atom is -0.490 e. The molecule has 1 aliphatic rings. The summed E-state index contributed by atoms with van der Waals surface area (Å²) >= 11 is 0. The molecule has 1 unspecified atom stereocenters. The fraction of sp³-hybridized carbons (Fsp3) is 0.647. The Kier molecular flexibility index (Phi) is 5.72. The summed E-state index contributed by atoms with van der Waals surface area (Å²) in [5.41, 5.74) is 0.934. The lowest BCUT2D eigenvalue weighted by molar-refractivity contribution is 0.144. The van der Waals surface area contributed by atoms with Crippen molar-refractivity contribution in [3.8, 4) is 11.5 Å². The Hall–Kier alpha value is -1.22. The zero-order valence-corrected chi connectivity index (χ0v) is 12.6. The molecule has 1 atom stereocenters. The smallest absolute Gasteiger partial charge is 0.161 e. The van der Waals surface area contributed by atoms with Gasteiger partial charge in [-0.2, -0.15) is 0 Å². The van der Waals surface area contributed by atoms with E-state index in [0.29, 0.717) is 19.1 Å². The molecule has 1 saturated carbocycles. The number of ether oxygens (including phenoxy) is 2. The maximum atomic E-state index is 10.4. The zero-order valence-electron chi connectivity index (χ0n) is 12.6. The summed E-state index contributed by atoms with van der Waals surface area (Å²) in [4.78, 5) is 0. The van der Waals surface area contributed by atoms with Gasteiger partial charge in [-0.15, -0.1) is 0 Å². The average molecular weight is 278 g/mol. The number of aliphatic hydroxyl groups excluding tert-OH is 1. The minimum atomic E-state index is -0.395. The quantitative estimate of drug-likeness (QED) is 0.816. The van der Waals surface area contributed by atoms with E-state index in [1.54, 1.807) is 0 Å². The van der Waals surface area contributed by atoms with Crippen LogP contribution in [0.1, 0.15) is 57.6 Å². The van der Waals surface area contributed by atoms with Crippen LogP contribution in [0.2, 0.25) is 0 Å². The SMILES string of the molecule is CCOc1ccc(C(O)CC2CCCC2)cc1OCC. The van der Waals surface area contributed by atoms with Crippen molar-refractivity contribution in [3.05, 3.63) is 23.8 Å². The largest absolute Gasteiger partial charge is 0.490 e. The molecule has 112 valence electrons. The zero-order chi connectivity index (χ0) is 14.4. The molecule has 0 radical (unpaired) electrons. The molecule has 1 aromatic rings. The topological polar surface area (TPSA) is 38.7 Å². The summed E-state index contributed by atoms with van der Waals surface area (Å²) in [6.45, 7) is 5.13. The van der Waals surface area contributed by atoms with Gasteiger partial charge >= 0.3 is 0 Å². The van der Waals surface area contributed by atoms with E-state index in [1.165, 1.54) is 25.7 Å². The number of hydrogen-bond acceptors (Lipinski definition) is 3. The summed E-state index contributed by atoms with van der Waals surface area (Å²) in [5, 5.41) is 10.4. The summed E-state index contributed by atoms with van der Waals surface area (Å²) in [6.07, 6.45) is 5.60. The lowest BCUT2D eigenvalue weighted by Crippen LogP contribution is -2.06. The fourth-order valence-corrected chi connectivity index (χ4v) is 2.97. The van der Waals surface area contributed by atoms with Crippen LogP contribution in [0.25, 0.3) is 0 Å². The Balaban J connectivity index is 2.07. The van der Waals surface area contributed by atoms with Crippen molar-refractivity contribution in [2.24, 2.45) is 5.92 Å². The van der Waals surface area contributed by atoms with Crippen LogP contribution in [0.4, 0.5) is 0 Å². The molecular weight excluding hydrogens is 252 g/mol. The Morgan fingerprint density at radius 1 is 1.10 bits per heavy atom. The third-order valence-corrected chi connectivity index (χ3v) is 3.98. The van der Waals surface area contributed by atoms with Gasteiger partial charge < -0.3 is 14.6 Å². The Bertz CT molecular complexity index is 411. The molecule has 0 heterocycles. The van der Waals surface area contributed by atoms with Crippen molar-refractivity contribution in [1.82, 2.24) is 0 Å². The third kappa shape index (κ3) is 3.89. The van der Waals surface area contributed by atoms with Crippen LogP contribution in [0, 0.1) is 5.92 Å². The fourth-order valence-electron chi connectivity index (χ4n) is 2.97. The van der Waals surface area contributed by atoms with E-state index in [4.69, 9.17) is 9.47 Å². The highest BCUT2D eigenvalue weighted by molar-refractivity contribution is 5.43. The first-order valence-corrected chi connectivity index (χ1v) is 7.82. The van der Waals surface area contributed by atoms with Gasteiger partial charge in [-0.25, -0.2) is 0 Å². The van der Waals surface area contributed by atoms with E-state index in [-0.39, 0.29) is 0 Å². The molecule has 0 bridgehead atoms. The van der Waals surface area contributed by atoms with Gasteiger partial charge in [-0.3, -0.25) is 0 Å². The van der Waals surface area contributed by atoms with E-state index in [0.717, 1.165) is 23.5 Å². The van der Waals surface area contributed by atoms with Gasteiger partial charge in [0.2, 0.25) is 0 Å². The second-order valence-electron chi connectivity index (χ2n) is 5.47. The molecule has 1 fully saturated rings. The maximum Gasteiger partial charge on any atom is 0.161 e. The molecule has 20 heavy (non-hydrogen) atoms.